The van der Waals surface area contributed by atoms with E-state index in [1.165, 1.54) is 0 Å². The second-order valence-corrected chi connectivity index (χ2v) is 7.07. The maximum absolute atomic E-state index is 12.7. The van der Waals surface area contributed by atoms with Crippen LogP contribution in [0.5, 0.6) is 0 Å². The van der Waals surface area contributed by atoms with Crippen molar-refractivity contribution >= 4 is 40.8 Å². The molecule has 0 heterocycles. The number of halogens is 2. The number of carbonyl (C=O) groups is 2. The fourth-order valence-corrected chi connectivity index (χ4v) is 3.11. The van der Waals surface area contributed by atoms with Gasteiger partial charge >= 0.3 is 5.97 Å². The van der Waals surface area contributed by atoms with Gasteiger partial charge in [-0.3, -0.25) is 9.59 Å². The van der Waals surface area contributed by atoms with Crippen molar-refractivity contribution in [3.8, 4) is 0 Å². The van der Waals surface area contributed by atoms with Gasteiger partial charge in [-0.15, -0.1) is 0 Å². The molecule has 3 rings (SSSR count). The molecule has 4 nitrogen and oxygen atoms in total. The highest BCUT2D eigenvalue weighted by Gasteiger charge is 2.42. The molecule has 0 radical (unpaired) electrons. The molecule has 1 aliphatic rings. The highest BCUT2D eigenvalue weighted by molar-refractivity contribution is 6.35. The van der Waals surface area contributed by atoms with Crippen LogP contribution < -0.4 is 5.32 Å². The van der Waals surface area contributed by atoms with E-state index in [1.54, 1.807) is 42.5 Å². The second-order valence-electron chi connectivity index (χ2n) is 6.19. The third-order valence-corrected chi connectivity index (χ3v) is 4.55. The van der Waals surface area contributed by atoms with Crippen LogP contribution in [0.15, 0.2) is 48.5 Å². The van der Waals surface area contributed by atoms with E-state index < -0.39 is 12.0 Å². The van der Waals surface area contributed by atoms with Gasteiger partial charge < -0.3 is 10.1 Å². The van der Waals surface area contributed by atoms with E-state index in [9.17, 15) is 9.59 Å². The van der Waals surface area contributed by atoms with Crippen molar-refractivity contribution in [2.75, 3.05) is 5.32 Å². The molecule has 0 bridgehead atoms. The predicted octanol–water partition coefficient (Wildman–Crippen LogP) is 4.87. The Kier molecular flexibility index (Phi) is 5.30. The standard InChI is InChI=1S/C19H17Cl2NO3/c1-11-7-16(11)19(24)25-17(12-5-3-2-4-6-12)18(23)22-15-9-13(20)8-14(21)10-15/h2-6,8-11,16-17H,7H2,1H3,(H,22,23)/t11-,16+,17+/m1/s1. The molecule has 0 unspecified atom stereocenters. The van der Waals surface area contributed by atoms with Crippen molar-refractivity contribution in [2.24, 2.45) is 11.8 Å². The van der Waals surface area contributed by atoms with Gasteiger partial charge in [-0.2, -0.15) is 0 Å². The molecule has 2 aromatic rings. The highest BCUT2D eigenvalue weighted by atomic mass is 35.5. The van der Waals surface area contributed by atoms with Crippen LogP contribution in [-0.2, 0) is 14.3 Å². The molecule has 0 aliphatic heterocycles. The Hall–Kier alpha value is -2.04. The Bertz CT molecular complexity index is 774. The summed E-state index contributed by atoms with van der Waals surface area (Å²) in [6.07, 6.45) is -0.231. The first-order valence-corrected chi connectivity index (χ1v) is 8.72. The van der Waals surface area contributed by atoms with Crippen molar-refractivity contribution in [3.63, 3.8) is 0 Å². The van der Waals surface area contributed by atoms with Gasteiger partial charge in [-0.05, 0) is 30.5 Å². The van der Waals surface area contributed by atoms with Gasteiger partial charge in [0.1, 0.15) is 0 Å². The Morgan fingerprint density at radius 1 is 1.12 bits per heavy atom. The Balaban J connectivity index is 1.80. The number of esters is 1. The Morgan fingerprint density at radius 2 is 1.72 bits per heavy atom. The quantitative estimate of drug-likeness (QED) is 0.755. The summed E-state index contributed by atoms with van der Waals surface area (Å²) in [6.45, 7) is 1.98. The molecule has 1 N–H and O–H groups in total. The lowest BCUT2D eigenvalue weighted by atomic mass is 10.1. The SMILES string of the molecule is C[C@@H]1C[C@@H]1C(=O)O[C@H](C(=O)Nc1cc(Cl)cc(Cl)c1)c1ccccc1. The molecule has 1 aliphatic carbocycles. The number of rotatable bonds is 5. The van der Waals surface area contributed by atoms with Gasteiger partial charge in [-0.25, -0.2) is 0 Å². The van der Waals surface area contributed by atoms with Gasteiger partial charge in [-0.1, -0.05) is 60.5 Å². The van der Waals surface area contributed by atoms with E-state index >= 15 is 0 Å². The lowest BCUT2D eigenvalue weighted by Crippen LogP contribution is -2.26. The van der Waals surface area contributed by atoms with Gasteiger partial charge in [0.05, 0.1) is 5.92 Å². The topological polar surface area (TPSA) is 55.4 Å². The van der Waals surface area contributed by atoms with Crippen molar-refractivity contribution < 1.29 is 14.3 Å². The van der Waals surface area contributed by atoms with Crippen molar-refractivity contribution in [1.82, 2.24) is 0 Å². The summed E-state index contributed by atoms with van der Waals surface area (Å²) in [5.41, 5.74) is 1.05. The molecule has 25 heavy (non-hydrogen) atoms. The van der Waals surface area contributed by atoms with Gasteiger partial charge in [0.2, 0.25) is 6.10 Å². The fraction of sp³-hybridized carbons (Fsp3) is 0.263. The van der Waals surface area contributed by atoms with Crippen LogP contribution in [0.25, 0.3) is 0 Å². The maximum Gasteiger partial charge on any atom is 0.310 e. The minimum atomic E-state index is -1.03. The summed E-state index contributed by atoms with van der Waals surface area (Å²) in [4.78, 5) is 24.9. The predicted molar refractivity (Wildman–Crippen MR) is 97.6 cm³/mol. The number of benzene rings is 2. The van der Waals surface area contributed by atoms with Crippen molar-refractivity contribution in [2.45, 2.75) is 19.4 Å². The molecule has 3 atom stereocenters. The van der Waals surface area contributed by atoms with E-state index in [4.69, 9.17) is 27.9 Å². The summed E-state index contributed by atoms with van der Waals surface area (Å²) in [5, 5.41) is 3.52. The average molecular weight is 378 g/mol. The first-order chi connectivity index (χ1) is 11.9. The third kappa shape index (κ3) is 4.53. The average Bonchev–Trinajstić information content (AvgIpc) is 3.29. The zero-order valence-electron chi connectivity index (χ0n) is 13.5. The number of carbonyl (C=O) groups excluding carboxylic acids is 2. The number of hydrogen-bond acceptors (Lipinski definition) is 3. The molecule has 1 saturated carbocycles. The Morgan fingerprint density at radius 3 is 2.28 bits per heavy atom. The number of ether oxygens (including phenoxy) is 1. The molecule has 6 heteroatoms. The van der Waals surface area contributed by atoms with Crippen LogP contribution in [-0.4, -0.2) is 11.9 Å². The van der Waals surface area contributed by atoms with Gasteiger partial charge in [0, 0.05) is 21.3 Å². The van der Waals surface area contributed by atoms with Gasteiger partial charge in [0.15, 0.2) is 0 Å². The molecule has 130 valence electrons. The fourth-order valence-electron chi connectivity index (χ4n) is 2.59. The summed E-state index contributed by atoms with van der Waals surface area (Å²) in [6, 6.07) is 13.6. The van der Waals surface area contributed by atoms with E-state index in [1.807, 2.05) is 13.0 Å². The number of nitrogens with one attached hydrogen (secondary N) is 1. The molecule has 0 spiro atoms. The zero-order valence-corrected chi connectivity index (χ0v) is 15.1. The summed E-state index contributed by atoms with van der Waals surface area (Å²) in [7, 11) is 0. The molecule has 1 fully saturated rings. The van der Waals surface area contributed by atoms with E-state index in [0.29, 0.717) is 27.2 Å². The van der Waals surface area contributed by atoms with E-state index in [-0.39, 0.29) is 11.9 Å². The molecule has 1 amide bonds. The second kappa shape index (κ2) is 7.46. The number of amides is 1. The lowest BCUT2D eigenvalue weighted by molar-refractivity contribution is -0.156. The minimum absolute atomic E-state index is 0.125. The number of hydrogen-bond donors (Lipinski definition) is 1. The zero-order chi connectivity index (χ0) is 18.0. The number of anilines is 1. The van der Waals surface area contributed by atoms with Crippen LogP contribution in [0.4, 0.5) is 5.69 Å². The third-order valence-electron chi connectivity index (χ3n) is 4.12. The first-order valence-electron chi connectivity index (χ1n) is 7.96. The van der Waals surface area contributed by atoms with Crippen molar-refractivity contribution in [3.05, 3.63) is 64.1 Å². The summed E-state index contributed by atoms with van der Waals surface area (Å²) in [5.74, 6) is -0.620. The smallest absolute Gasteiger partial charge is 0.310 e. The molecular weight excluding hydrogens is 361 g/mol. The summed E-state index contributed by atoms with van der Waals surface area (Å²) < 4.78 is 5.51. The minimum Gasteiger partial charge on any atom is -0.447 e. The molecule has 2 aromatic carbocycles. The highest BCUT2D eigenvalue weighted by Crippen LogP contribution is 2.40. The maximum atomic E-state index is 12.7. The van der Waals surface area contributed by atoms with Crippen LogP contribution in [0, 0.1) is 11.8 Å². The van der Waals surface area contributed by atoms with Crippen LogP contribution in [0.3, 0.4) is 0 Å². The monoisotopic (exact) mass is 377 g/mol. The Labute approximate surface area is 156 Å². The first kappa shape index (κ1) is 17.8. The molecule has 0 aromatic heterocycles. The summed E-state index contributed by atoms with van der Waals surface area (Å²) >= 11 is 11.9. The van der Waals surface area contributed by atoms with E-state index in [2.05, 4.69) is 5.32 Å². The van der Waals surface area contributed by atoms with Crippen molar-refractivity contribution in [1.29, 1.82) is 0 Å². The van der Waals surface area contributed by atoms with Crippen LogP contribution >= 0.6 is 23.2 Å². The normalized spacial score (nSPS) is 19.8. The lowest BCUT2D eigenvalue weighted by Gasteiger charge is -2.18. The molecular formula is C19H17Cl2NO3. The van der Waals surface area contributed by atoms with Gasteiger partial charge in [0.25, 0.3) is 5.91 Å². The van der Waals surface area contributed by atoms with Crippen LogP contribution in [0.1, 0.15) is 25.0 Å². The van der Waals surface area contributed by atoms with E-state index in [0.717, 1.165) is 6.42 Å². The largest absolute Gasteiger partial charge is 0.447 e. The molecule has 0 saturated heterocycles. The van der Waals surface area contributed by atoms with Crippen LogP contribution in [0.2, 0.25) is 10.0 Å².